The van der Waals surface area contributed by atoms with E-state index in [1.807, 2.05) is 30.3 Å². The van der Waals surface area contributed by atoms with Gasteiger partial charge in [0.2, 0.25) is 0 Å². The predicted molar refractivity (Wildman–Crippen MR) is 82.1 cm³/mol. The summed E-state index contributed by atoms with van der Waals surface area (Å²) in [7, 11) is 0. The first-order chi connectivity index (χ1) is 9.67. The second kappa shape index (κ2) is 5.51. The molecule has 1 aliphatic carbocycles. The van der Waals surface area contributed by atoms with E-state index in [1.165, 1.54) is 6.42 Å². The van der Waals surface area contributed by atoms with E-state index in [0.29, 0.717) is 17.5 Å². The molecule has 1 aliphatic rings. The lowest BCUT2D eigenvalue weighted by atomic mass is 10.2. The van der Waals surface area contributed by atoms with Crippen LogP contribution >= 0.6 is 11.6 Å². The predicted octanol–water partition coefficient (Wildman–Crippen LogP) is 4.17. The van der Waals surface area contributed by atoms with Crippen molar-refractivity contribution in [3.63, 3.8) is 0 Å². The summed E-state index contributed by atoms with van der Waals surface area (Å²) < 4.78 is 5.96. The molecule has 106 valence electrons. The van der Waals surface area contributed by atoms with Gasteiger partial charge < -0.3 is 15.5 Å². The average molecular weight is 291 g/mol. The van der Waals surface area contributed by atoms with Crippen molar-refractivity contribution in [2.45, 2.75) is 25.3 Å². The zero-order chi connectivity index (χ0) is 14.1. The highest BCUT2D eigenvalue weighted by molar-refractivity contribution is 6.30. The normalized spacial score (nSPS) is 22.6. The van der Waals surface area contributed by atoms with Gasteiger partial charge in [-0.3, -0.25) is 0 Å². The number of nitrogens with one attached hydrogen (secondary N) is 1. The number of hydrogen-bond acceptors (Lipinski definition) is 3. The maximum atomic E-state index is 5.99. The molecule has 0 spiro atoms. The maximum absolute atomic E-state index is 5.99. The molecule has 3 unspecified atom stereocenters. The standard InChI is InChI=1S/C16H19ClN2O/c1-10-7-13(10)15-5-6-16(20-15)14(9-18)19-12-4-2-3-11(17)8-12/h2-6,8,10,13-14,19H,7,9,18H2,1H3. The fraction of sp³-hybridized carbons (Fsp3) is 0.375. The van der Waals surface area contributed by atoms with Gasteiger partial charge in [-0.15, -0.1) is 0 Å². The molecule has 3 rings (SSSR count). The van der Waals surface area contributed by atoms with Gasteiger partial charge in [-0.1, -0.05) is 24.6 Å². The Kier molecular flexibility index (Phi) is 3.72. The molecule has 0 amide bonds. The van der Waals surface area contributed by atoms with E-state index in [4.69, 9.17) is 21.8 Å². The minimum absolute atomic E-state index is 0.0312. The summed E-state index contributed by atoms with van der Waals surface area (Å²) in [5.74, 6) is 3.31. The van der Waals surface area contributed by atoms with Crippen molar-refractivity contribution in [3.05, 3.63) is 52.9 Å². The molecule has 0 radical (unpaired) electrons. The first-order valence-corrected chi connectivity index (χ1v) is 7.37. The summed E-state index contributed by atoms with van der Waals surface area (Å²) in [6.45, 7) is 2.72. The summed E-state index contributed by atoms with van der Waals surface area (Å²) in [6, 6.07) is 11.7. The maximum Gasteiger partial charge on any atom is 0.127 e. The lowest BCUT2D eigenvalue weighted by Gasteiger charge is -2.16. The third-order valence-electron chi connectivity index (χ3n) is 3.87. The summed E-state index contributed by atoms with van der Waals surface area (Å²) in [5, 5.41) is 4.07. The van der Waals surface area contributed by atoms with Gasteiger partial charge in [-0.05, 0) is 42.7 Å². The van der Waals surface area contributed by atoms with Gasteiger partial charge in [-0.25, -0.2) is 0 Å². The van der Waals surface area contributed by atoms with E-state index in [0.717, 1.165) is 23.1 Å². The Labute approximate surface area is 124 Å². The first-order valence-electron chi connectivity index (χ1n) is 6.99. The molecule has 3 atom stereocenters. The van der Waals surface area contributed by atoms with E-state index < -0.39 is 0 Å². The Balaban J connectivity index is 1.74. The molecule has 0 aliphatic heterocycles. The monoisotopic (exact) mass is 290 g/mol. The van der Waals surface area contributed by atoms with E-state index in [-0.39, 0.29) is 6.04 Å². The van der Waals surface area contributed by atoms with E-state index >= 15 is 0 Å². The SMILES string of the molecule is CC1CC1c1ccc(C(CN)Nc2cccc(Cl)c2)o1. The molecule has 1 fully saturated rings. The topological polar surface area (TPSA) is 51.2 Å². The third kappa shape index (κ3) is 2.84. The van der Waals surface area contributed by atoms with Crippen LogP contribution in [0.3, 0.4) is 0 Å². The zero-order valence-corrected chi connectivity index (χ0v) is 12.2. The van der Waals surface area contributed by atoms with Crippen LogP contribution in [-0.4, -0.2) is 6.54 Å². The lowest BCUT2D eigenvalue weighted by molar-refractivity contribution is 0.441. The third-order valence-corrected chi connectivity index (χ3v) is 4.10. The number of halogens is 1. The second-order valence-corrected chi connectivity index (χ2v) is 5.94. The van der Waals surface area contributed by atoms with Gasteiger partial charge in [-0.2, -0.15) is 0 Å². The molecule has 1 heterocycles. The van der Waals surface area contributed by atoms with Crippen LogP contribution in [-0.2, 0) is 0 Å². The molecule has 20 heavy (non-hydrogen) atoms. The quantitative estimate of drug-likeness (QED) is 0.869. The van der Waals surface area contributed by atoms with Crippen LogP contribution in [0, 0.1) is 5.92 Å². The van der Waals surface area contributed by atoms with Gasteiger partial charge in [0.25, 0.3) is 0 Å². The largest absolute Gasteiger partial charge is 0.464 e. The molecular formula is C16H19ClN2O. The Morgan fingerprint density at radius 3 is 2.85 bits per heavy atom. The summed E-state index contributed by atoms with van der Waals surface area (Å²) in [6.07, 6.45) is 1.22. The van der Waals surface area contributed by atoms with Gasteiger partial charge in [0.05, 0.1) is 6.04 Å². The van der Waals surface area contributed by atoms with Crippen LogP contribution in [0.2, 0.25) is 5.02 Å². The number of anilines is 1. The van der Waals surface area contributed by atoms with Crippen molar-refractivity contribution in [2.75, 3.05) is 11.9 Å². The molecule has 1 saturated carbocycles. The molecule has 1 aromatic carbocycles. The summed E-state index contributed by atoms with van der Waals surface area (Å²) in [5.41, 5.74) is 6.81. The molecule has 3 nitrogen and oxygen atoms in total. The fourth-order valence-electron chi connectivity index (χ4n) is 2.50. The van der Waals surface area contributed by atoms with Gasteiger partial charge in [0.15, 0.2) is 0 Å². The molecule has 4 heteroatoms. The number of hydrogen-bond donors (Lipinski definition) is 2. The number of rotatable bonds is 5. The van der Waals surface area contributed by atoms with Crippen molar-refractivity contribution < 1.29 is 4.42 Å². The van der Waals surface area contributed by atoms with E-state index in [2.05, 4.69) is 18.3 Å². The smallest absolute Gasteiger partial charge is 0.127 e. The molecule has 2 aromatic rings. The number of furan rings is 1. The fourth-order valence-corrected chi connectivity index (χ4v) is 2.69. The minimum atomic E-state index is -0.0312. The minimum Gasteiger partial charge on any atom is -0.464 e. The van der Waals surface area contributed by atoms with Crippen molar-refractivity contribution in [2.24, 2.45) is 11.7 Å². The van der Waals surface area contributed by atoms with Crippen LogP contribution in [0.15, 0.2) is 40.8 Å². The molecular weight excluding hydrogens is 272 g/mol. The molecule has 0 saturated heterocycles. The molecule has 3 N–H and O–H groups in total. The Hall–Kier alpha value is -1.45. The molecule has 0 bridgehead atoms. The number of benzene rings is 1. The van der Waals surface area contributed by atoms with Crippen LogP contribution in [0.5, 0.6) is 0 Å². The van der Waals surface area contributed by atoms with Gasteiger partial charge in [0, 0.05) is 23.2 Å². The first kappa shape index (κ1) is 13.5. The van der Waals surface area contributed by atoms with E-state index in [9.17, 15) is 0 Å². The Morgan fingerprint density at radius 2 is 2.20 bits per heavy atom. The summed E-state index contributed by atoms with van der Waals surface area (Å²) >= 11 is 5.99. The Morgan fingerprint density at radius 1 is 1.40 bits per heavy atom. The van der Waals surface area contributed by atoms with Gasteiger partial charge in [0.1, 0.15) is 11.5 Å². The van der Waals surface area contributed by atoms with Crippen molar-refractivity contribution in [1.82, 2.24) is 0 Å². The lowest BCUT2D eigenvalue weighted by Crippen LogP contribution is -2.20. The van der Waals surface area contributed by atoms with Crippen molar-refractivity contribution in [1.29, 1.82) is 0 Å². The van der Waals surface area contributed by atoms with Gasteiger partial charge >= 0.3 is 0 Å². The van der Waals surface area contributed by atoms with Crippen molar-refractivity contribution in [3.8, 4) is 0 Å². The van der Waals surface area contributed by atoms with Crippen LogP contribution in [0.25, 0.3) is 0 Å². The average Bonchev–Trinajstić information content (AvgIpc) is 2.98. The van der Waals surface area contributed by atoms with E-state index in [1.54, 1.807) is 0 Å². The van der Waals surface area contributed by atoms with Crippen molar-refractivity contribution >= 4 is 17.3 Å². The van der Waals surface area contributed by atoms with Crippen LogP contribution in [0.1, 0.15) is 36.8 Å². The highest BCUT2D eigenvalue weighted by Gasteiger charge is 2.36. The Bertz CT molecular complexity index is 596. The summed E-state index contributed by atoms with van der Waals surface area (Å²) in [4.78, 5) is 0. The highest BCUT2D eigenvalue weighted by Crippen LogP contribution is 2.47. The van der Waals surface area contributed by atoms with Crippen LogP contribution < -0.4 is 11.1 Å². The number of nitrogens with two attached hydrogens (primary N) is 1. The zero-order valence-electron chi connectivity index (χ0n) is 11.5. The van der Waals surface area contributed by atoms with Crippen LogP contribution in [0.4, 0.5) is 5.69 Å². The second-order valence-electron chi connectivity index (χ2n) is 5.50. The highest BCUT2D eigenvalue weighted by atomic mass is 35.5. The molecule has 1 aromatic heterocycles.